The van der Waals surface area contributed by atoms with Crippen LogP contribution >= 0.6 is 0 Å². The third kappa shape index (κ3) is 1.97. The number of fused-ring (bicyclic) bond motifs is 1. The maximum Gasteiger partial charge on any atom is 0.358 e. The summed E-state index contributed by atoms with van der Waals surface area (Å²) >= 11 is 0. The van der Waals surface area contributed by atoms with Crippen molar-refractivity contribution in [3.8, 4) is 11.6 Å². The number of aromatic nitrogens is 2. The molecule has 0 fully saturated rings. The van der Waals surface area contributed by atoms with Gasteiger partial charge in [0.2, 0.25) is 0 Å². The van der Waals surface area contributed by atoms with Gasteiger partial charge >= 0.3 is 5.97 Å². The van der Waals surface area contributed by atoms with Crippen molar-refractivity contribution < 1.29 is 19.0 Å². The molecule has 100 valence electrons. The lowest BCUT2D eigenvalue weighted by Crippen LogP contribution is -2.03. The van der Waals surface area contributed by atoms with E-state index in [1.54, 1.807) is 30.5 Å². The van der Waals surface area contributed by atoms with E-state index in [1.165, 1.54) is 22.6 Å². The van der Waals surface area contributed by atoms with Gasteiger partial charge in [0.25, 0.3) is 5.88 Å². The number of nitrogens with zero attached hydrogens (tertiary/aromatic N) is 2. The lowest BCUT2D eigenvalue weighted by atomic mass is 10.3. The second kappa shape index (κ2) is 4.65. The summed E-state index contributed by atoms with van der Waals surface area (Å²) in [6.45, 7) is 0. The normalized spacial score (nSPS) is 10.7. The van der Waals surface area contributed by atoms with E-state index in [0.29, 0.717) is 5.65 Å². The predicted octanol–water partition coefficient (Wildman–Crippen LogP) is 2.96. The number of para-hydroxylation sites is 1. The first kappa shape index (κ1) is 12.2. The molecule has 2 heterocycles. The van der Waals surface area contributed by atoms with Crippen molar-refractivity contribution in [3.63, 3.8) is 0 Å². The number of carboxylic acid groups (broad SMARTS) is 1. The van der Waals surface area contributed by atoms with Crippen molar-refractivity contribution in [2.24, 2.45) is 0 Å². The Morgan fingerprint density at radius 1 is 1.20 bits per heavy atom. The van der Waals surface area contributed by atoms with Gasteiger partial charge in [-0.1, -0.05) is 18.2 Å². The zero-order valence-electron chi connectivity index (χ0n) is 10.2. The summed E-state index contributed by atoms with van der Waals surface area (Å²) < 4.78 is 20.2. The second-order valence-electron chi connectivity index (χ2n) is 4.03. The molecule has 1 N–H and O–H groups in total. The number of carbonyl (C=O) groups is 1. The Labute approximate surface area is 112 Å². The minimum Gasteiger partial charge on any atom is -0.476 e. The second-order valence-corrected chi connectivity index (χ2v) is 4.03. The molecule has 0 aliphatic rings. The molecule has 0 aliphatic carbocycles. The van der Waals surface area contributed by atoms with Gasteiger partial charge in [-0.05, 0) is 24.3 Å². The van der Waals surface area contributed by atoms with Gasteiger partial charge in [-0.2, -0.15) is 4.98 Å². The molecule has 20 heavy (non-hydrogen) atoms. The molecular formula is C14H9FN2O3. The molecule has 2 aromatic heterocycles. The van der Waals surface area contributed by atoms with Crippen molar-refractivity contribution >= 4 is 11.6 Å². The number of rotatable bonds is 3. The van der Waals surface area contributed by atoms with E-state index in [-0.39, 0.29) is 17.3 Å². The summed E-state index contributed by atoms with van der Waals surface area (Å²) in [7, 11) is 0. The minimum absolute atomic E-state index is 0.0709. The molecule has 0 spiro atoms. The highest BCUT2D eigenvalue weighted by Gasteiger charge is 2.21. The van der Waals surface area contributed by atoms with Crippen LogP contribution in [-0.4, -0.2) is 20.5 Å². The summed E-state index contributed by atoms with van der Waals surface area (Å²) in [6.07, 6.45) is 1.56. The first-order chi connectivity index (χ1) is 9.66. The van der Waals surface area contributed by atoms with E-state index >= 15 is 0 Å². The van der Waals surface area contributed by atoms with Crippen LogP contribution in [0.25, 0.3) is 5.65 Å². The summed E-state index contributed by atoms with van der Waals surface area (Å²) in [5.41, 5.74) is 0.264. The first-order valence-corrected chi connectivity index (χ1v) is 5.79. The molecule has 5 nitrogen and oxygen atoms in total. The quantitative estimate of drug-likeness (QED) is 0.796. The van der Waals surface area contributed by atoms with Crippen molar-refractivity contribution in [3.05, 3.63) is 60.2 Å². The van der Waals surface area contributed by atoms with Crippen LogP contribution in [0.1, 0.15) is 10.5 Å². The maximum absolute atomic E-state index is 13.6. The molecule has 0 atom stereocenters. The number of carboxylic acids is 1. The topological polar surface area (TPSA) is 63.8 Å². The highest BCUT2D eigenvalue weighted by Crippen LogP contribution is 2.27. The Balaban J connectivity index is 2.14. The average Bonchev–Trinajstić information content (AvgIpc) is 2.79. The van der Waals surface area contributed by atoms with Gasteiger partial charge < -0.3 is 9.84 Å². The van der Waals surface area contributed by atoms with Crippen molar-refractivity contribution in [2.75, 3.05) is 0 Å². The number of hydrogen-bond acceptors (Lipinski definition) is 3. The number of imidazole rings is 1. The standard InChI is InChI=1S/C14H9FN2O3/c15-9-5-1-2-6-10(9)20-13-12(14(18)19)17-8-4-3-7-11(17)16-13/h1-8H,(H,18,19). The Kier molecular flexibility index (Phi) is 2.83. The van der Waals surface area contributed by atoms with E-state index in [9.17, 15) is 14.3 Å². The average molecular weight is 272 g/mol. The predicted molar refractivity (Wildman–Crippen MR) is 68.6 cm³/mol. The van der Waals surface area contributed by atoms with Gasteiger partial charge in [0, 0.05) is 6.20 Å². The maximum atomic E-state index is 13.6. The fourth-order valence-electron chi connectivity index (χ4n) is 1.87. The van der Waals surface area contributed by atoms with Crippen LogP contribution in [-0.2, 0) is 0 Å². The Morgan fingerprint density at radius 3 is 2.70 bits per heavy atom. The third-order valence-electron chi connectivity index (χ3n) is 2.74. The van der Waals surface area contributed by atoms with Crippen LogP contribution in [0.5, 0.6) is 11.6 Å². The van der Waals surface area contributed by atoms with Crippen LogP contribution in [0.15, 0.2) is 48.7 Å². The lowest BCUT2D eigenvalue weighted by Gasteiger charge is -2.04. The molecule has 0 bridgehead atoms. The molecule has 0 aliphatic heterocycles. The smallest absolute Gasteiger partial charge is 0.358 e. The van der Waals surface area contributed by atoms with Gasteiger partial charge in [-0.15, -0.1) is 0 Å². The zero-order chi connectivity index (χ0) is 14.1. The Morgan fingerprint density at radius 2 is 1.95 bits per heavy atom. The van der Waals surface area contributed by atoms with Crippen molar-refractivity contribution in [1.82, 2.24) is 9.38 Å². The van der Waals surface area contributed by atoms with E-state index in [4.69, 9.17) is 4.74 Å². The van der Waals surface area contributed by atoms with Crippen LogP contribution < -0.4 is 4.74 Å². The fourth-order valence-corrected chi connectivity index (χ4v) is 1.87. The highest BCUT2D eigenvalue weighted by atomic mass is 19.1. The lowest BCUT2D eigenvalue weighted by molar-refractivity contribution is 0.0686. The molecule has 1 aromatic carbocycles. The van der Waals surface area contributed by atoms with Gasteiger partial charge in [0.1, 0.15) is 5.65 Å². The van der Waals surface area contributed by atoms with Gasteiger partial charge in [-0.3, -0.25) is 4.40 Å². The molecule has 0 radical (unpaired) electrons. The largest absolute Gasteiger partial charge is 0.476 e. The molecule has 3 rings (SSSR count). The van der Waals surface area contributed by atoms with E-state index in [0.717, 1.165) is 0 Å². The van der Waals surface area contributed by atoms with Gasteiger partial charge in [-0.25, -0.2) is 9.18 Å². The van der Waals surface area contributed by atoms with Crippen LogP contribution in [0.4, 0.5) is 4.39 Å². The molecular weight excluding hydrogens is 263 g/mol. The summed E-state index contributed by atoms with van der Waals surface area (Å²) in [4.78, 5) is 15.4. The summed E-state index contributed by atoms with van der Waals surface area (Å²) in [6, 6.07) is 10.8. The summed E-state index contributed by atoms with van der Waals surface area (Å²) in [5, 5.41) is 9.27. The first-order valence-electron chi connectivity index (χ1n) is 5.79. The van der Waals surface area contributed by atoms with Crippen molar-refractivity contribution in [1.29, 1.82) is 0 Å². The van der Waals surface area contributed by atoms with Crippen LogP contribution in [0, 0.1) is 5.82 Å². The highest BCUT2D eigenvalue weighted by molar-refractivity contribution is 5.89. The van der Waals surface area contributed by atoms with Crippen LogP contribution in [0.3, 0.4) is 0 Å². The SMILES string of the molecule is O=C(O)c1c(Oc2ccccc2F)nc2ccccn12. The van der Waals surface area contributed by atoms with E-state index in [1.807, 2.05) is 0 Å². The minimum atomic E-state index is -1.20. The third-order valence-corrected chi connectivity index (χ3v) is 2.74. The number of pyridine rings is 1. The number of hydrogen-bond donors (Lipinski definition) is 1. The van der Waals surface area contributed by atoms with E-state index < -0.39 is 11.8 Å². The molecule has 6 heteroatoms. The number of aromatic carboxylic acids is 1. The number of benzene rings is 1. The molecule has 0 unspecified atom stereocenters. The van der Waals surface area contributed by atoms with E-state index in [2.05, 4.69) is 4.98 Å². The Bertz CT molecular complexity index is 798. The molecule has 0 saturated heterocycles. The monoisotopic (exact) mass is 272 g/mol. The Hall–Kier alpha value is -2.89. The number of ether oxygens (including phenoxy) is 1. The number of halogens is 1. The molecule has 0 amide bonds. The molecule has 3 aromatic rings. The van der Waals surface area contributed by atoms with Gasteiger partial charge in [0.05, 0.1) is 0 Å². The van der Waals surface area contributed by atoms with Gasteiger partial charge in [0.15, 0.2) is 17.3 Å². The van der Waals surface area contributed by atoms with Crippen molar-refractivity contribution in [2.45, 2.75) is 0 Å². The fraction of sp³-hybridized carbons (Fsp3) is 0. The zero-order valence-corrected chi connectivity index (χ0v) is 10.2. The van der Waals surface area contributed by atoms with Crippen LogP contribution in [0.2, 0.25) is 0 Å². The molecule has 0 saturated carbocycles. The summed E-state index contributed by atoms with van der Waals surface area (Å²) in [5.74, 6) is -2.00.